The topological polar surface area (TPSA) is 61.8 Å². The summed E-state index contributed by atoms with van der Waals surface area (Å²) in [6, 6.07) is 0.685. The van der Waals surface area contributed by atoms with Crippen molar-refractivity contribution in [1.82, 2.24) is 10.2 Å². The number of carbonyl (C=O) groups is 1. The van der Waals surface area contributed by atoms with Gasteiger partial charge in [-0.15, -0.1) is 0 Å². The van der Waals surface area contributed by atoms with Crippen LogP contribution in [0.3, 0.4) is 0 Å². The van der Waals surface area contributed by atoms with Crippen LogP contribution in [0.5, 0.6) is 0 Å². The molecule has 2 N–H and O–H groups in total. The number of piperidine rings is 1. The highest BCUT2D eigenvalue weighted by Gasteiger charge is 2.30. The predicted octanol–water partition coefficient (Wildman–Crippen LogP) is 2.77. The van der Waals surface area contributed by atoms with Crippen LogP contribution in [0, 0.1) is 5.41 Å². The minimum atomic E-state index is -0.440. The lowest BCUT2D eigenvalue weighted by Gasteiger charge is -2.39. The molecule has 1 aliphatic heterocycles. The molecule has 0 aromatic rings. The van der Waals surface area contributed by atoms with Crippen molar-refractivity contribution >= 4 is 6.09 Å². The minimum absolute atomic E-state index is 0.116. The Morgan fingerprint density at radius 2 is 1.77 bits per heavy atom. The van der Waals surface area contributed by atoms with E-state index in [9.17, 15) is 9.90 Å². The Balaban J connectivity index is 2.46. The average molecular weight is 314 g/mol. The van der Waals surface area contributed by atoms with Crippen molar-refractivity contribution in [2.75, 3.05) is 19.7 Å². The van der Waals surface area contributed by atoms with Crippen molar-refractivity contribution in [3.05, 3.63) is 0 Å². The molecule has 1 saturated heterocycles. The van der Waals surface area contributed by atoms with Crippen molar-refractivity contribution in [2.45, 2.75) is 78.5 Å². The lowest BCUT2D eigenvalue weighted by atomic mass is 9.84. The van der Waals surface area contributed by atoms with Crippen LogP contribution in [-0.4, -0.2) is 53.5 Å². The standard InChI is InChI=1S/C17H34N2O3/c1-16(2,3)14(9-12-20)18-13-7-10-19(11-8-13)15(21)22-17(4,5)6/h13-14,18,20H,7-12H2,1-6H3. The van der Waals surface area contributed by atoms with Crippen LogP contribution in [0.15, 0.2) is 0 Å². The molecule has 1 heterocycles. The third-order valence-electron chi connectivity index (χ3n) is 4.05. The number of aliphatic hydroxyl groups is 1. The fourth-order valence-corrected chi connectivity index (χ4v) is 2.74. The summed E-state index contributed by atoms with van der Waals surface area (Å²) >= 11 is 0. The van der Waals surface area contributed by atoms with E-state index in [0.717, 1.165) is 32.4 Å². The molecule has 1 aliphatic rings. The molecule has 5 nitrogen and oxygen atoms in total. The molecule has 1 rings (SSSR count). The van der Waals surface area contributed by atoms with E-state index in [2.05, 4.69) is 26.1 Å². The van der Waals surface area contributed by atoms with Crippen molar-refractivity contribution in [3.8, 4) is 0 Å². The molecule has 1 fully saturated rings. The molecule has 0 aliphatic carbocycles. The summed E-state index contributed by atoms with van der Waals surface area (Å²) in [6.45, 7) is 13.9. The maximum absolute atomic E-state index is 12.1. The van der Waals surface area contributed by atoms with Gasteiger partial charge in [0, 0.05) is 31.8 Å². The second-order valence-corrected chi connectivity index (χ2v) is 8.34. The molecule has 5 heteroatoms. The third kappa shape index (κ3) is 6.53. The largest absolute Gasteiger partial charge is 0.444 e. The van der Waals surface area contributed by atoms with Gasteiger partial charge in [-0.2, -0.15) is 0 Å². The Hall–Kier alpha value is -0.810. The first-order valence-corrected chi connectivity index (χ1v) is 8.38. The third-order valence-corrected chi connectivity index (χ3v) is 4.05. The number of likely N-dealkylation sites (tertiary alicyclic amines) is 1. The summed E-state index contributed by atoms with van der Waals surface area (Å²) in [5.74, 6) is 0. The van der Waals surface area contributed by atoms with Crippen LogP contribution in [0.2, 0.25) is 0 Å². The summed E-state index contributed by atoms with van der Waals surface area (Å²) in [7, 11) is 0. The molecular weight excluding hydrogens is 280 g/mol. The molecule has 1 unspecified atom stereocenters. The van der Waals surface area contributed by atoms with E-state index < -0.39 is 5.60 Å². The van der Waals surface area contributed by atoms with Crippen LogP contribution in [-0.2, 0) is 4.74 Å². The van der Waals surface area contributed by atoms with Crippen molar-refractivity contribution in [2.24, 2.45) is 5.41 Å². The zero-order chi connectivity index (χ0) is 17.0. The summed E-state index contributed by atoms with van der Waals surface area (Å²) in [5.41, 5.74) is -0.324. The van der Waals surface area contributed by atoms with Gasteiger partial charge in [-0.1, -0.05) is 20.8 Å². The molecule has 22 heavy (non-hydrogen) atoms. The van der Waals surface area contributed by atoms with Gasteiger partial charge in [-0.3, -0.25) is 0 Å². The van der Waals surface area contributed by atoms with Gasteiger partial charge in [0.2, 0.25) is 0 Å². The number of ether oxygens (including phenoxy) is 1. The van der Waals surface area contributed by atoms with Crippen molar-refractivity contribution < 1.29 is 14.6 Å². The maximum atomic E-state index is 12.1. The van der Waals surface area contributed by atoms with Gasteiger partial charge in [0.25, 0.3) is 0 Å². The quantitative estimate of drug-likeness (QED) is 0.837. The first-order valence-electron chi connectivity index (χ1n) is 8.38. The molecule has 0 aromatic heterocycles. The predicted molar refractivity (Wildman–Crippen MR) is 88.9 cm³/mol. The number of aliphatic hydroxyl groups excluding tert-OH is 1. The number of nitrogens with one attached hydrogen (secondary N) is 1. The number of rotatable bonds is 4. The van der Waals surface area contributed by atoms with Crippen molar-refractivity contribution in [1.29, 1.82) is 0 Å². The van der Waals surface area contributed by atoms with Gasteiger partial charge in [-0.05, 0) is 45.4 Å². The number of nitrogens with zero attached hydrogens (tertiary/aromatic N) is 1. The molecule has 1 amide bonds. The Kier molecular flexibility index (Phi) is 6.68. The summed E-state index contributed by atoms with van der Waals surface area (Å²) in [6.07, 6.45) is 2.40. The lowest BCUT2D eigenvalue weighted by Crippen LogP contribution is -2.51. The molecule has 0 bridgehead atoms. The fraction of sp³-hybridized carbons (Fsp3) is 0.941. The first-order chi connectivity index (χ1) is 10.0. The van der Waals surface area contributed by atoms with E-state index in [4.69, 9.17) is 4.74 Å². The van der Waals surface area contributed by atoms with E-state index in [1.54, 1.807) is 4.90 Å². The van der Waals surface area contributed by atoms with Crippen LogP contribution < -0.4 is 5.32 Å². The Labute approximate surface area is 135 Å². The van der Waals surface area contributed by atoms with Gasteiger partial charge in [0.15, 0.2) is 0 Å². The average Bonchev–Trinajstić information content (AvgIpc) is 2.36. The van der Waals surface area contributed by atoms with Gasteiger partial charge < -0.3 is 20.1 Å². The van der Waals surface area contributed by atoms with E-state index in [0.29, 0.717) is 6.04 Å². The highest BCUT2D eigenvalue weighted by atomic mass is 16.6. The number of amides is 1. The molecule has 0 radical (unpaired) electrons. The van der Waals surface area contributed by atoms with Gasteiger partial charge in [0.05, 0.1) is 0 Å². The normalized spacial score (nSPS) is 19.1. The maximum Gasteiger partial charge on any atom is 0.410 e. The monoisotopic (exact) mass is 314 g/mol. The van der Waals surface area contributed by atoms with E-state index >= 15 is 0 Å². The molecule has 130 valence electrons. The molecule has 0 spiro atoms. The van der Waals surface area contributed by atoms with E-state index in [1.165, 1.54) is 0 Å². The van der Waals surface area contributed by atoms with Crippen LogP contribution in [0.25, 0.3) is 0 Å². The fourth-order valence-electron chi connectivity index (χ4n) is 2.74. The summed E-state index contributed by atoms with van der Waals surface area (Å²) in [4.78, 5) is 13.8. The van der Waals surface area contributed by atoms with Crippen molar-refractivity contribution in [3.63, 3.8) is 0 Å². The Morgan fingerprint density at radius 3 is 2.18 bits per heavy atom. The molecular formula is C17H34N2O3. The van der Waals surface area contributed by atoms with Crippen LogP contribution in [0.4, 0.5) is 4.79 Å². The first kappa shape index (κ1) is 19.2. The second-order valence-electron chi connectivity index (χ2n) is 8.34. The van der Waals surface area contributed by atoms with Gasteiger partial charge >= 0.3 is 6.09 Å². The van der Waals surface area contributed by atoms with Gasteiger partial charge in [-0.25, -0.2) is 4.79 Å². The zero-order valence-electron chi connectivity index (χ0n) is 15.1. The lowest BCUT2D eigenvalue weighted by molar-refractivity contribution is 0.0189. The minimum Gasteiger partial charge on any atom is -0.444 e. The smallest absolute Gasteiger partial charge is 0.410 e. The van der Waals surface area contributed by atoms with Crippen LogP contribution in [0.1, 0.15) is 60.8 Å². The zero-order valence-corrected chi connectivity index (χ0v) is 15.1. The van der Waals surface area contributed by atoms with Gasteiger partial charge in [0.1, 0.15) is 5.60 Å². The Bertz CT molecular complexity index is 350. The van der Waals surface area contributed by atoms with Crippen LogP contribution >= 0.6 is 0 Å². The molecule has 0 aromatic carbocycles. The van der Waals surface area contributed by atoms with E-state index in [-0.39, 0.29) is 24.2 Å². The van der Waals surface area contributed by atoms with E-state index in [1.807, 2.05) is 20.8 Å². The highest BCUT2D eigenvalue weighted by molar-refractivity contribution is 5.68. The summed E-state index contributed by atoms with van der Waals surface area (Å²) in [5, 5.41) is 12.9. The summed E-state index contributed by atoms with van der Waals surface area (Å²) < 4.78 is 5.42. The second kappa shape index (κ2) is 7.64. The number of carbonyl (C=O) groups excluding carboxylic acids is 1. The Morgan fingerprint density at radius 1 is 1.23 bits per heavy atom. The number of hydrogen-bond donors (Lipinski definition) is 2. The molecule has 0 saturated carbocycles. The molecule has 1 atom stereocenters. The highest BCUT2D eigenvalue weighted by Crippen LogP contribution is 2.24. The number of hydrogen-bond acceptors (Lipinski definition) is 4. The SMILES string of the molecule is CC(C)(C)OC(=O)N1CCC(NC(CCO)C(C)(C)C)CC1.